The van der Waals surface area contributed by atoms with E-state index in [4.69, 9.17) is 11.6 Å². The molecule has 4 nitrogen and oxygen atoms in total. The van der Waals surface area contributed by atoms with Gasteiger partial charge in [-0.05, 0) is 18.1 Å². The van der Waals surface area contributed by atoms with Gasteiger partial charge in [0.25, 0.3) is 0 Å². The number of carboxylic acid groups (broad SMARTS) is 1. The lowest BCUT2D eigenvalue weighted by molar-refractivity contribution is -0.145. The maximum atomic E-state index is 11.4. The van der Waals surface area contributed by atoms with E-state index in [0.717, 1.165) is 36.9 Å². The Bertz CT molecular complexity index is 471. The molecular weight excluding hydrogens is 276 g/mol. The van der Waals surface area contributed by atoms with Gasteiger partial charge in [0.2, 0.25) is 0 Å². The van der Waals surface area contributed by atoms with Crippen molar-refractivity contribution in [3.05, 3.63) is 29.3 Å². The van der Waals surface area contributed by atoms with E-state index in [1.807, 2.05) is 38.1 Å². The molecule has 2 rings (SSSR count). The lowest BCUT2D eigenvalue weighted by Crippen LogP contribution is -2.54. The molecule has 1 aromatic carbocycles. The Morgan fingerprint density at radius 3 is 2.30 bits per heavy atom. The first-order chi connectivity index (χ1) is 9.50. The highest BCUT2D eigenvalue weighted by atomic mass is 35.5. The van der Waals surface area contributed by atoms with Crippen LogP contribution in [0.3, 0.4) is 0 Å². The molecule has 20 heavy (non-hydrogen) atoms. The zero-order valence-electron chi connectivity index (χ0n) is 11.9. The summed E-state index contributed by atoms with van der Waals surface area (Å²) in [5.74, 6) is -0.620. The van der Waals surface area contributed by atoms with Crippen molar-refractivity contribution in [2.24, 2.45) is 5.92 Å². The summed E-state index contributed by atoms with van der Waals surface area (Å²) in [4.78, 5) is 15.6. The predicted octanol–water partition coefficient (Wildman–Crippen LogP) is 2.57. The third-order valence-corrected chi connectivity index (χ3v) is 4.10. The largest absolute Gasteiger partial charge is 0.480 e. The van der Waals surface area contributed by atoms with Crippen LogP contribution in [0.2, 0.25) is 5.02 Å². The van der Waals surface area contributed by atoms with E-state index in [1.54, 1.807) is 0 Å². The van der Waals surface area contributed by atoms with Crippen LogP contribution in [0.15, 0.2) is 24.3 Å². The lowest BCUT2D eigenvalue weighted by atomic mass is 10.0. The second kappa shape index (κ2) is 6.46. The van der Waals surface area contributed by atoms with Gasteiger partial charge in [-0.3, -0.25) is 9.69 Å². The molecule has 1 aliphatic rings. The van der Waals surface area contributed by atoms with E-state index in [2.05, 4.69) is 9.80 Å². The molecule has 0 aliphatic carbocycles. The second-order valence-corrected chi connectivity index (χ2v) is 5.91. The van der Waals surface area contributed by atoms with Gasteiger partial charge in [-0.25, -0.2) is 0 Å². The first-order valence-electron chi connectivity index (χ1n) is 6.97. The first-order valence-corrected chi connectivity index (χ1v) is 7.35. The number of hydrogen-bond acceptors (Lipinski definition) is 3. The predicted molar refractivity (Wildman–Crippen MR) is 81.5 cm³/mol. The minimum absolute atomic E-state index is 0.111. The highest BCUT2D eigenvalue weighted by molar-refractivity contribution is 6.33. The Labute approximate surface area is 124 Å². The van der Waals surface area contributed by atoms with Crippen LogP contribution < -0.4 is 4.90 Å². The molecule has 1 aliphatic heterocycles. The van der Waals surface area contributed by atoms with Crippen LogP contribution in [0, 0.1) is 5.92 Å². The van der Waals surface area contributed by atoms with E-state index in [-0.39, 0.29) is 5.92 Å². The van der Waals surface area contributed by atoms with Crippen molar-refractivity contribution in [2.45, 2.75) is 19.9 Å². The Morgan fingerprint density at radius 1 is 1.20 bits per heavy atom. The van der Waals surface area contributed by atoms with Crippen molar-refractivity contribution in [1.82, 2.24) is 4.90 Å². The fourth-order valence-electron chi connectivity index (χ4n) is 2.81. The molecule has 1 fully saturated rings. The summed E-state index contributed by atoms with van der Waals surface area (Å²) >= 11 is 6.21. The number of nitrogens with zero attached hydrogens (tertiary/aromatic N) is 2. The molecule has 110 valence electrons. The smallest absolute Gasteiger partial charge is 0.321 e. The lowest BCUT2D eigenvalue weighted by Gasteiger charge is -2.40. The third kappa shape index (κ3) is 3.25. The summed E-state index contributed by atoms with van der Waals surface area (Å²) in [5.41, 5.74) is 1.03. The molecule has 1 N–H and O–H groups in total. The first kappa shape index (κ1) is 15.1. The van der Waals surface area contributed by atoms with E-state index >= 15 is 0 Å². The van der Waals surface area contributed by atoms with Gasteiger partial charge in [0, 0.05) is 26.2 Å². The van der Waals surface area contributed by atoms with Crippen molar-refractivity contribution < 1.29 is 9.90 Å². The summed E-state index contributed by atoms with van der Waals surface area (Å²) in [6, 6.07) is 7.39. The van der Waals surface area contributed by atoms with Gasteiger partial charge in [0.1, 0.15) is 6.04 Å². The molecule has 5 heteroatoms. The average Bonchev–Trinajstić information content (AvgIpc) is 2.39. The number of carboxylic acids is 1. The second-order valence-electron chi connectivity index (χ2n) is 5.50. The number of aliphatic carboxylic acids is 1. The van der Waals surface area contributed by atoms with Crippen LogP contribution in [-0.4, -0.2) is 48.2 Å². The molecule has 1 saturated heterocycles. The van der Waals surface area contributed by atoms with Gasteiger partial charge in [-0.2, -0.15) is 0 Å². The maximum absolute atomic E-state index is 11.4. The summed E-state index contributed by atoms with van der Waals surface area (Å²) in [7, 11) is 0. The number of piperazine rings is 1. The van der Waals surface area contributed by atoms with Gasteiger partial charge in [-0.15, -0.1) is 0 Å². The van der Waals surface area contributed by atoms with E-state index < -0.39 is 12.0 Å². The van der Waals surface area contributed by atoms with Gasteiger partial charge in [-0.1, -0.05) is 37.6 Å². The Hall–Kier alpha value is -1.26. The summed E-state index contributed by atoms with van der Waals surface area (Å²) < 4.78 is 0. The minimum Gasteiger partial charge on any atom is -0.480 e. The average molecular weight is 297 g/mol. The Morgan fingerprint density at radius 2 is 1.80 bits per heavy atom. The quantitative estimate of drug-likeness (QED) is 0.927. The van der Waals surface area contributed by atoms with Gasteiger partial charge >= 0.3 is 5.97 Å². The number of para-hydroxylation sites is 1. The molecule has 1 heterocycles. The fourth-order valence-corrected chi connectivity index (χ4v) is 3.07. The number of hydrogen-bond donors (Lipinski definition) is 1. The van der Waals surface area contributed by atoms with Crippen molar-refractivity contribution in [3.8, 4) is 0 Å². The highest BCUT2D eigenvalue weighted by Gasteiger charge is 2.31. The van der Waals surface area contributed by atoms with Gasteiger partial charge in [0.15, 0.2) is 0 Å². The van der Waals surface area contributed by atoms with E-state index in [0.29, 0.717) is 0 Å². The zero-order chi connectivity index (χ0) is 14.7. The fraction of sp³-hybridized carbons (Fsp3) is 0.533. The van der Waals surface area contributed by atoms with Gasteiger partial charge in [0.05, 0.1) is 10.7 Å². The molecule has 1 atom stereocenters. The summed E-state index contributed by atoms with van der Waals surface area (Å²) in [6.45, 7) is 7.03. The summed E-state index contributed by atoms with van der Waals surface area (Å²) in [6.07, 6.45) is 0. The number of halogens is 1. The standard InChI is InChI=1S/C15H21ClN2O2/c1-11(2)14(15(19)20)18-9-7-17(8-10-18)13-6-4-3-5-12(13)16/h3-6,11,14H,7-10H2,1-2H3,(H,19,20). The number of rotatable bonds is 4. The van der Waals surface area contributed by atoms with Crippen LogP contribution in [0.4, 0.5) is 5.69 Å². The monoisotopic (exact) mass is 296 g/mol. The van der Waals surface area contributed by atoms with Crippen molar-refractivity contribution in [2.75, 3.05) is 31.1 Å². The molecule has 0 saturated carbocycles. The van der Waals surface area contributed by atoms with E-state index in [9.17, 15) is 9.90 Å². The number of carbonyl (C=O) groups is 1. The number of anilines is 1. The van der Waals surface area contributed by atoms with Crippen molar-refractivity contribution in [3.63, 3.8) is 0 Å². The van der Waals surface area contributed by atoms with Crippen LogP contribution in [0.25, 0.3) is 0 Å². The molecule has 0 spiro atoms. The van der Waals surface area contributed by atoms with Crippen LogP contribution in [0.5, 0.6) is 0 Å². The normalized spacial score (nSPS) is 18.3. The Balaban J connectivity index is 2.02. The van der Waals surface area contributed by atoms with Crippen LogP contribution >= 0.6 is 11.6 Å². The topological polar surface area (TPSA) is 43.8 Å². The molecule has 1 aromatic rings. The van der Waals surface area contributed by atoms with Gasteiger partial charge < -0.3 is 10.0 Å². The molecule has 0 amide bonds. The van der Waals surface area contributed by atoms with Crippen molar-refractivity contribution in [1.29, 1.82) is 0 Å². The number of benzene rings is 1. The van der Waals surface area contributed by atoms with Crippen molar-refractivity contribution >= 4 is 23.3 Å². The molecule has 0 aromatic heterocycles. The van der Waals surface area contributed by atoms with Crippen LogP contribution in [-0.2, 0) is 4.79 Å². The third-order valence-electron chi connectivity index (χ3n) is 3.79. The zero-order valence-corrected chi connectivity index (χ0v) is 12.7. The minimum atomic E-state index is -0.730. The van der Waals surface area contributed by atoms with Crippen LogP contribution in [0.1, 0.15) is 13.8 Å². The van der Waals surface area contributed by atoms with E-state index in [1.165, 1.54) is 0 Å². The molecule has 0 bridgehead atoms. The summed E-state index contributed by atoms with van der Waals surface area (Å²) in [5, 5.41) is 10.1. The molecular formula is C15H21ClN2O2. The molecule has 1 unspecified atom stereocenters. The SMILES string of the molecule is CC(C)C(C(=O)O)N1CCN(c2ccccc2Cl)CC1. The Kier molecular flexibility index (Phi) is 4.89. The molecule has 0 radical (unpaired) electrons. The highest BCUT2D eigenvalue weighted by Crippen LogP contribution is 2.26. The maximum Gasteiger partial charge on any atom is 0.321 e.